The van der Waals surface area contributed by atoms with Crippen LogP contribution in [-0.4, -0.2) is 43.9 Å². The number of carboxylic acids is 1. The van der Waals surface area contributed by atoms with Gasteiger partial charge in [-0.05, 0) is 56.3 Å². The van der Waals surface area contributed by atoms with Gasteiger partial charge in [-0.3, -0.25) is 14.9 Å². The molecule has 0 aliphatic carbocycles. The van der Waals surface area contributed by atoms with Crippen LogP contribution in [0.4, 0.5) is 17.1 Å². The summed E-state index contributed by atoms with van der Waals surface area (Å²) in [7, 11) is -4.13. The van der Waals surface area contributed by atoms with Gasteiger partial charge in [0.1, 0.15) is 5.84 Å². The molecule has 0 aliphatic rings. The van der Waals surface area contributed by atoms with Gasteiger partial charge in [-0.2, -0.15) is 8.42 Å². The summed E-state index contributed by atoms with van der Waals surface area (Å²) >= 11 is 0. The zero-order valence-corrected chi connectivity index (χ0v) is 22.5. The summed E-state index contributed by atoms with van der Waals surface area (Å²) in [5, 5.41) is 27.7. The molecule has 40 heavy (non-hydrogen) atoms. The quantitative estimate of drug-likeness (QED) is 0.118. The zero-order valence-electron chi connectivity index (χ0n) is 21.7. The molecule has 0 unspecified atom stereocenters. The maximum Gasteiger partial charge on any atom is 0.341 e. The van der Waals surface area contributed by atoms with Crippen molar-refractivity contribution in [3.05, 3.63) is 77.4 Å². The van der Waals surface area contributed by atoms with Gasteiger partial charge in [-0.15, -0.1) is 0 Å². The summed E-state index contributed by atoms with van der Waals surface area (Å²) in [6.07, 6.45) is -0.355. The SMILES string of the molecule is CC(C)Oc1cc(NS(N)(=O)=O)cc(CNc2ccccc2C(=O)Nc2ccc(C(=N)N)cc2)c1OCC(=O)O. The van der Waals surface area contributed by atoms with Crippen LogP contribution in [0, 0.1) is 5.41 Å². The van der Waals surface area contributed by atoms with E-state index in [1.54, 1.807) is 62.4 Å². The number of aliphatic carboxylic acids is 1. The molecule has 0 saturated carbocycles. The highest BCUT2D eigenvalue weighted by Crippen LogP contribution is 2.37. The molecule has 0 fully saturated rings. The molecule has 0 radical (unpaired) electrons. The predicted molar refractivity (Wildman–Crippen MR) is 151 cm³/mol. The van der Waals surface area contributed by atoms with Gasteiger partial charge in [-0.1, -0.05) is 12.1 Å². The number of benzene rings is 3. The summed E-state index contributed by atoms with van der Waals surface area (Å²) in [4.78, 5) is 24.3. The monoisotopic (exact) mass is 570 g/mol. The predicted octanol–water partition coefficient (Wildman–Crippen LogP) is 2.70. The van der Waals surface area contributed by atoms with E-state index in [4.69, 9.17) is 30.9 Å². The molecule has 0 aromatic heterocycles. The standard InChI is InChI=1S/C26H30N6O7S/c1-15(2)39-22-12-19(32-40(29,36)37)11-17(24(22)38-14-23(33)34)13-30-21-6-4-3-5-20(21)26(35)31-18-9-7-16(8-10-18)25(27)28/h3-12,15,30,32H,13-14H2,1-2H3,(H3,27,28)(H,31,35)(H,33,34)(H2,29,36,37). The Hall–Kier alpha value is -4.82. The number of carboxylic acid groups (broad SMARTS) is 1. The van der Waals surface area contributed by atoms with Crippen molar-refractivity contribution in [2.75, 3.05) is 22.0 Å². The smallest absolute Gasteiger partial charge is 0.341 e. The Morgan fingerprint density at radius 2 is 1.73 bits per heavy atom. The fraction of sp³-hybridized carbons (Fsp3) is 0.192. The molecule has 0 spiro atoms. The zero-order chi connectivity index (χ0) is 29.4. The van der Waals surface area contributed by atoms with Gasteiger partial charge in [0.25, 0.3) is 16.1 Å². The molecule has 0 atom stereocenters. The fourth-order valence-corrected chi connectivity index (χ4v) is 4.06. The van der Waals surface area contributed by atoms with E-state index in [1.807, 2.05) is 0 Å². The van der Waals surface area contributed by atoms with Crippen molar-refractivity contribution in [1.82, 2.24) is 0 Å². The van der Waals surface area contributed by atoms with Crippen LogP contribution < -0.4 is 35.7 Å². The normalized spacial score (nSPS) is 11.0. The maximum absolute atomic E-state index is 13.1. The van der Waals surface area contributed by atoms with Gasteiger partial charge in [0.2, 0.25) is 0 Å². The van der Waals surface area contributed by atoms with Crippen LogP contribution in [0.3, 0.4) is 0 Å². The van der Waals surface area contributed by atoms with E-state index in [0.29, 0.717) is 28.1 Å². The summed E-state index contributed by atoms with van der Waals surface area (Å²) in [5.74, 6) is -1.56. The third-order valence-electron chi connectivity index (χ3n) is 5.19. The van der Waals surface area contributed by atoms with Crippen LogP contribution in [0.15, 0.2) is 60.7 Å². The fourth-order valence-electron chi connectivity index (χ4n) is 3.61. The second kappa shape index (κ2) is 12.8. The van der Waals surface area contributed by atoms with E-state index >= 15 is 0 Å². The molecule has 13 nitrogen and oxygen atoms in total. The Labute approximate surface area is 231 Å². The van der Waals surface area contributed by atoms with E-state index < -0.39 is 28.7 Å². The number of hydrogen-bond acceptors (Lipinski definition) is 8. The number of carbonyl (C=O) groups is 2. The second-order valence-corrected chi connectivity index (χ2v) is 10.1. The minimum Gasteiger partial charge on any atom is -0.487 e. The summed E-state index contributed by atoms with van der Waals surface area (Å²) in [6.45, 7) is 2.79. The van der Waals surface area contributed by atoms with Crippen LogP contribution >= 0.6 is 0 Å². The molecule has 1 amide bonds. The molecule has 9 N–H and O–H groups in total. The highest BCUT2D eigenvalue weighted by Gasteiger charge is 2.19. The lowest BCUT2D eigenvalue weighted by Gasteiger charge is -2.20. The Morgan fingerprint density at radius 3 is 2.33 bits per heavy atom. The van der Waals surface area contributed by atoms with E-state index in [1.165, 1.54) is 12.1 Å². The Kier molecular flexibility index (Phi) is 9.53. The lowest BCUT2D eigenvalue weighted by Crippen LogP contribution is -2.22. The largest absolute Gasteiger partial charge is 0.487 e. The number of hydrogen-bond donors (Lipinski definition) is 7. The van der Waals surface area contributed by atoms with Crippen LogP contribution in [0.5, 0.6) is 11.5 Å². The topological polar surface area (TPSA) is 219 Å². The molecule has 3 rings (SSSR count). The van der Waals surface area contributed by atoms with Crippen molar-refractivity contribution < 1.29 is 32.6 Å². The number of rotatable bonds is 13. The van der Waals surface area contributed by atoms with Crippen LogP contribution in [0.2, 0.25) is 0 Å². The minimum absolute atomic E-state index is 0.0127. The van der Waals surface area contributed by atoms with Gasteiger partial charge in [0.05, 0.1) is 17.4 Å². The highest BCUT2D eigenvalue weighted by atomic mass is 32.2. The molecule has 3 aromatic rings. The van der Waals surface area contributed by atoms with Crippen molar-refractivity contribution in [2.45, 2.75) is 26.5 Å². The molecule has 3 aromatic carbocycles. The first-order valence-corrected chi connectivity index (χ1v) is 13.4. The first-order chi connectivity index (χ1) is 18.8. The molecule has 0 aliphatic heterocycles. The summed E-state index contributed by atoms with van der Waals surface area (Å²) < 4.78 is 36.8. The summed E-state index contributed by atoms with van der Waals surface area (Å²) in [5.41, 5.74) is 7.61. The first-order valence-electron chi connectivity index (χ1n) is 11.9. The average molecular weight is 571 g/mol. The minimum atomic E-state index is -4.13. The van der Waals surface area contributed by atoms with Gasteiger partial charge in [0, 0.05) is 35.1 Å². The van der Waals surface area contributed by atoms with Crippen LogP contribution in [0.1, 0.15) is 35.3 Å². The Bertz CT molecular complexity index is 1510. The third-order valence-corrected chi connectivity index (χ3v) is 5.71. The van der Waals surface area contributed by atoms with Crippen molar-refractivity contribution in [3.8, 4) is 11.5 Å². The lowest BCUT2D eigenvalue weighted by molar-refractivity contribution is -0.139. The second-order valence-electron chi connectivity index (χ2n) is 8.80. The average Bonchev–Trinajstić information content (AvgIpc) is 2.85. The molecule has 14 heteroatoms. The molecule has 0 heterocycles. The number of para-hydroxylation sites is 1. The van der Waals surface area contributed by atoms with Gasteiger partial charge >= 0.3 is 5.97 Å². The van der Waals surface area contributed by atoms with Gasteiger partial charge < -0.3 is 30.9 Å². The number of nitrogen functional groups attached to an aromatic ring is 1. The number of amides is 1. The van der Waals surface area contributed by atoms with Crippen LogP contribution in [-0.2, 0) is 21.5 Å². The molecule has 0 saturated heterocycles. The van der Waals surface area contributed by atoms with E-state index in [0.717, 1.165) is 0 Å². The van der Waals surface area contributed by atoms with Gasteiger partial charge in [0.15, 0.2) is 18.1 Å². The molecular formula is C26H30N6O7S. The summed E-state index contributed by atoms with van der Waals surface area (Å²) in [6, 6.07) is 15.9. The van der Waals surface area contributed by atoms with Crippen LogP contribution in [0.25, 0.3) is 0 Å². The van der Waals surface area contributed by atoms with E-state index in [-0.39, 0.29) is 35.7 Å². The number of amidine groups is 1. The maximum atomic E-state index is 13.1. The van der Waals surface area contributed by atoms with Crippen molar-refractivity contribution >= 4 is 45.0 Å². The Morgan fingerprint density at radius 1 is 1.05 bits per heavy atom. The number of anilines is 3. The number of carbonyl (C=O) groups excluding carboxylic acids is 1. The van der Waals surface area contributed by atoms with Crippen molar-refractivity contribution in [2.24, 2.45) is 10.9 Å². The van der Waals surface area contributed by atoms with E-state index in [9.17, 15) is 18.0 Å². The van der Waals surface area contributed by atoms with E-state index in [2.05, 4.69) is 15.4 Å². The number of nitrogens with one attached hydrogen (secondary N) is 4. The molecule has 212 valence electrons. The van der Waals surface area contributed by atoms with Crippen molar-refractivity contribution in [1.29, 1.82) is 5.41 Å². The third kappa shape index (κ3) is 8.61. The van der Waals surface area contributed by atoms with Crippen molar-refractivity contribution in [3.63, 3.8) is 0 Å². The molecule has 0 bridgehead atoms. The lowest BCUT2D eigenvalue weighted by atomic mass is 10.1. The number of ether oxygens (including phenoxy) is 2. The van der Waals surface area contributed by atoms with Gasteiger partial charge in [-0.25, -0.2) is 9.93 Å². The highest BCUT2D eigenvalue weighted by molar-refractivity contribution is 7.90. The number of nitrogens with two attached hydrogens (primary N) is 2. The Balaban J connectivity index is 1.92. The molecular weight excluding hydrogens is 540 g/mol. The first kappa shape index (κ1) is 29.7.